The molecule has 1 fully saturated rings. The number of amides is 1. The first kappa shape index (κ1) is 19.1. The molecule has 1 saturated heterocycles. The highest BCUT2D eigenvalue weighted by Crippen LogP contribution is 2.34. The SMILES string of the molecule is COc1ccc(/C=C2\SC(=S)N([C@@H](Cc3ccccc3)C(=O)[O-])C2=O)cc1. The number of aliphatic carboxylic acids is 1. The summed E-state index contributed by atoms with van der Waals surface area (Å²) in [5, 5.41) is 11.7. The van der Waals surface area contributed by atoms with E-state index in [1.54, 1.807) is 37.5 Å². The van der Waals surface area contributed by atoms with Gasteiger partial charge in [-0.15, -0.1) is 0 Å². The van der Waals surface area contributed by atoms with E-state index in [1.807, 2.05) is 30.3 Å². The second-order valence-corrected chi connectivity index (χ2v) is 7.53. The van der Waals surface area contributed by atoms with E-state index < -0.39 is 17.9 Å². The van der Waals surface area contributed by atoms with Crippen LogP contribution in [0.15, 0.2) is 59.5 Å². The molecule has 138 valence electrons. The number of benzene rings is 2. The molecule has 0 aromatic heterocycles. The van der Waals surface area contributed by atoms with Crippen molar-refractivity contribution in [1.29, 1.82) is 0 Å². The molecular formula is C20H16NO4S2-. The molecule has 1 aliphatic rings. The summed E-state index contributed by atoms with van der Waals surface area (Å²) in [7, 11) is 1.58. The van der Waals surface area contributed by atoms with Gasteiger partial charge >= 0.3 is 0 Å². The summed E-state index contributed by atoms with van der Waals surface area (Å²) in [6.45, 7) is 0. The van der Waals surface area contributed by atoms with E-state index in [1.165, 1.54) is 0 Å². The molecule has 1 atom stereocenters. The van der Waals surface area contributed by atoms with Crippen LogP contribution in [0, 0.1) is 0 Å². The molecule has 7 heteroatoms. The van der Waals surface area contributed by atoms with Crippen LogP contribution < -0.4 is 9.84 Å². The van der Waals surface area contributed by atoms with Crippen LogP contribution in [0.3, 0.4) is 0 Å². The molecule has 27 heavy (non-hydrogen) atoms. The van der Waals surface area contributed by atoms with Crippen LogP contribution in [0.1, 0.15) is 11.1 Å². The Labute approximate surface area is 166 Å². The van der Waals surface area contributed by atoms with Crippen LogP contribution in [0.5, 0.6) is 5.75 Å². The van der Waals surface area contributed by atoms with Crippen molar-refractivity contribution < 1.29 is 19.4 Å². The van der Waals surface area contributed by atoms with Gasteiger partial charge in [-0.1, -0.05) is 66.4 Å². The molecule has 2 aromatic rings. The number of carbonyl (C=O) groups excluding carboxylic acids is 2. The van der Waals surface area contributed by atoms with Gasteiger partial charge in [-0.3, -0.25) is 9.69 Å². The van der Waals surface area contributed by atoms with Crippen molar-refractivity contribution in [3.63, 3.8) is 0 Å². The van der Waals surface area contributed by atoms with Crippen molar-refractivity contribution in [3.05, 3.63) is 70.6 Å². The van der Waals surface area contributed by atoms with Crippen LogP contribution in [0.2, 0.25) is 0 Å². The van der Waals surface area contributed by atoms with Gasteiger partial charge in [-0.2, -0.15) is 0 Å². The molecular weight excluding hydrogens is 382 g/mol. The Balaban J connectivity index is 1.84. The van der Waals surface area contributed by atoms with Gasteiger partial charge in [0.1, 0.15) is 10.1 Å². The smallest absolute Gasteiger partial charge is 0.266 e. The van der Waals surface area contributed by atoms with Crippen LogP contribution in [-0.4, -0.2) is 34.2 Å². The summed E-state index contributed by atoms with van der Waals surface area (Å²) in [4.78, 5) is 26.0. The molecule has 0 unspecified atom stereocenters. The van der Waals surface area contributed by atoms with E-state index in [0.717, 1.165) is 27.8 Å². The maximum Gasteiger partial charge on any atom is 0.266 e. The van der Waals surface area contributed by atoms with E-state index in [2.05, 4.69) is 0 Å². The number of carboxylic acid groups (broad SMARTS) is 1. The molecule has 0 radical (unpaired) electrons. The Hall–Kier alpha value is -2.64. The first-order valence-electron chi connectivity index (χ1n) is 8.15. The van der Waals surface area contributed by atoms with Crippen LogP contribution >= 0.6 is 24.0 Å². The summed E-state index contributed by atoms with van der Waals surface area (Å²) in [5.74, 6) is -1.05. The number of nitrogens with zero attached hydrogens (tertiary/aromatic N) is 1. The first-order chi connectivity index (χ1) is 13.0. The Morgan fingerprint density at radius 3 is 2.48 bits per heavy atom. The second-order valence-electron chi connectivity index (χ2n) is 5.85. The third-order valence-corrected chi connectivity index (χ3v) is 5.42. The van der Waals surface area contributed by atoms with Crippen LogP contribution in [-0.2, 0) is 16.0 Å². The summed E-state index contributed by atoms with van der Waals surface area (Å²) in [5.41, 5.74) is 1.59. The van der Waals surface area contributed by atoms with E-state index >= 15 is 0 Å². The van der Waals surface area contributed by atoms with E-state index in [9.17, 15) is 14.7 Å². The van der Waals surface area contributed by atoms with Gasteiger partial charge in [-0.25, -0.2) is 0 Å². The number of carbonyl (C=O) groups is 2. The van der Waals surface area contributed by atoms with Crippen molar-refractivity contribution >= 4 is 46.3 Å². The molecule has 0 aliphatic carbocycles. The van der Waals surface area contributed by atoms with Crippen molar-refractivity contribution in [2.24, 2.45) is 0 Å². The van der Waals surface area contributed by atoms with Crippen molar-refractivity contribution in [1.82, 2.24) is 4.90 Å². The summed E-state index contributed by atoms with van der Waals surface area (Å²) in [6, 6.07) is 15.1. The zero-order valence-electron chi connectivity index (χ0n) is 14.5. The fourth-order valence-corrected chi connectivity index (χ4v) is 4.07. The molecule has 2 aromatic carbocycles. The van der Waals surface area contributed by atoms with E-state index in [-0.39, 0.29) is 10.7 Å². The third kappa shape index (κ3) is 4.37. The van der Waals surface area contributed by atoms with Gasteiger partial charge in [0, 0.05) is 0 Å². The number of hydrogen-bond acceptors (Lipinski definition) is 6. The molecule has 0 saturated carbocycles. The summed E-state index contributed by atoms with van der Waals surface area (Å²) >= 11 is 6.37. The summed E-state index contributed by atoms with van der Waals surface area (Å²) < 4.78 is 5.33. The Bertz CT molecular complexity index is 894. The largest absolute Gasteiger partial charge is 0.548 e. The number of thiocarbonyl (C=S) groups is 1. The highest BCUT2D eigenvalue weighted by atomic mass is 32.2. The van der Waals surface area contributed by atoms with Crippen LogP contribution in [0.4, 0.5) is 0 Å². The third-order valence-electron chi connectivity index (χ3n) is 4.09. The van der Waals surface area contributed by atoms with E-state index in [4.69, 9.17) is 17.0 Å². The highest BCUT2D eigenvalue weighted by Gasteiger charge is 2.37. The number of thioether (sulfide) groups is 1. The average Bonchev–Trinajstić information content (AvgIpc) is 2.94. The highest BCUT2D eigenvalue weighted by molar-refractivity contribution is 8.26. The number of rotatable bonds is 6. The van der Waals surface area contributed by atoms with Gasteiger partial charge in [0.2, 0.25) is 0 Å². The maximum absolute atomic E-state index is 12.8. The molecule has 1 amide bonds. The molecule has 0 spiro atoms. The quantitative estimate of drug-likeness (QED) is 0.549. The van der Waals surface area contributed by atoms with Crippen molar-refractivity contribution in [3.8, 4) is 5.75 Å². The lowest BCUT2D eigenvalue weighted by Crippen LogP contribution is -2.51. The van der Waals surface area contributed by atoms with Gasteiger partial charge in [0.05, 0.1) is 24.0 Å². The van der Waals surface area contributed by atoms with Gasteiger partial charge in [-0.05, 0) is 35.8 Å². The standard InChI is InChI=1S/C20H17NO4S2/c1-25-15-9-7-14(8-10-15)12-17-18(22)21(20(26)27-17)16(19(23)24)11-13-5-3-2-4-6-13/h2-10,12,16H,11H2,1H3,(H,23,24)/p-1/b17-12-/t16-/m0/s1. The topological polar surface area (TPSA) is 69.7 Å². The second kappa shape index (κ2) is 8.37. The molecule has 0 N–H and O–H groups in total. The lowest BCUT2D eigenvalue weighted by Gasteiger charge is -2.27. The van der Waals surface area contributed by atoms with Gasteiger partial charge in [0.15, 0.2) is 0 Å². The molecule has 0 bridgehead atoms. The minimum absolute atomic E-state index is 0.130. The van der Waals surface area contributed by atoms with Crippen LogP contribution in [0.25, 0.3) is 6.08 Å². The Kier molecular flexibility index (Phi) is 5.93. The minimum atomic E-state index is -1.33. The number of methoxy groups -OCH3 is 1. The van der Waals surface area contributed by atoms with Crippen molar-refractivity contribution in [2.45, 2.75) is 12.5 Å². The number of hydrogen-bond donors (Lipinski definition) is 0. The Morgan fingerprint density at radius 1 is 1.22 bits per heavy atom. The zero-order chi connectivity index (χ0) is 19.4. The molecule has 1 heterocycles. The minimum Gasteiger partial charge on any atom is -0.548 e. The van der Waals surface area contributed by atoms with Crippen molar-refractivity contribution in [2.75, 3.05) is 7.11 Å². The fourth-order valence-electron chi connectivity index (χ4n) is 2.72. The predicted molar refractivity (Wildman–Crippen MR) is 107 cm³/mol. The molecule has 3 rings (SSSR count). The monoisotopic (exact) mass is 398 g/mol. The average molecular weight is 398 g/mol. The fraction of sp³-hybridized carbons (Fsp3) is 0.150. The predicted octanol–water partition coefficient (Wildman–Crippen LogP) is 2.26. The van der Waals surface area contributed by atoms with Gasteiger partial charge < -0.3 is 14.6 Å². The zero-order valence-corrected chi connectivity index (χ0v) is 16.1. The Morgan fingerprint density at radius 2 is 1.89 bits per heavy atom. The molecule has 5 nitrogen and oxygen atoms in total. The lowest BCUT2D eigenvalue weighted by molar-refractivity contribution is -0.310. The number of ether oxygens (including phenoxy) is 1. The molecule has 1 aliphatic heterocycles. The van der Waals surface area contributed by atoms with E-state index in [0.29, 0.717) is 10.7 Å². The maximum atomic E-state index is 12.8. The van der Waals surface area contributed by atoms with Gasteiger partial charge in [0.25, 0.3) is 5.91 Å². The normalized spacial score (nSPS) is 16.6. The number of carboxylic acids is 1. The first-order valence-corrected chi connectivity index (χ1v) is 9.38. The lowest BCUT2D eigenvalue weighted by atomic mass is 10.0. The summed E-state index contributed by atoms with van der Waals surface area (Å²) in [6.07, 6.45) is 1.82.